The van der Waals surface area contributed by atoms with Gasteiger partial charge in [0.1, 0.15) is 6.04 Å². The van der Waals surface area contributed by atoms with Crippen molar-refractivity contribution in [1.29, 1.82) is 0 Å². The first-order valence-corrected chi connectivity index (χ1v) is 6.76. The number of hydrogen-bond donors (Lipinski definition) is 1. The van der Waals surface area contributed by atoms with E-state index in [0.717, 1.165) is 4.90 Å². The van der Waals surface area contributed by atoms with Gasteiger partial charge in [-0.3, -0.25) is 29.4 Å². The molecular formula is C15H16N2O4. The Morgan fingerprint density at radius 2 is 1.90 bits per heavy atom. The topological polar surface area (TPSA) is 83.6 Å². The van der Waals surface area contributed by atoms with Crippen LogP contribution >= 0.6 is 0 Å². The van der Waals surface area contributed by atoms with Crippen molar-refractivity contribution in [2.45, 2.75) is 32.2 Å². The van der Waals surface area contributed by atoms with Gasteiger partial charge in [-0.15, -0.1) is 0 Å². The molecular weight excluding hydrogens is 272 g/mol. The molecule has 21 heavy (non-hydrogen) atoms. The number of carbonyl (C=O) groups is 4. The van der Waals surface area contributed by atoms with Crippen LogP contribution in [-0.2, 0) is 19.2 Å². The second kappa shape index (κ2) is 5.87. The quantitative estimate of drug-likeness (QED) is 0.768. The predicted molar refractivity (Wildman–Crippen MR) is 74.7 cm³/mol. The average molecular weight is 288 g/mol. The van der Waals surface area contributed by atoms with E-state index in [4.69, 9.17) is 0 Å². The first kappa shape index (κ1) is 14.9. The van der Waals surface area contributed by atoms with E-state index < -0.39 is 29.7 Å². The molecule has 0 aromatic rings. The van der Waals surface area contributed by atoms with Crippen molar-refractivity contribution >= 4 is 23.6 Å². The van der Waals surface area contributed by atoms with E-state index >= 15 is 0 Å². The van der Waals surface area contributed by atoms with Crippen LogP contribution in [-0.4, -0.2) is 34.6 Å². The fourth-order valence-electron chi connectivity index (χ4n) is 2.39. The van der Waals surface area contributed by atoms with E-state index in [1.165, 1.54) is 6.08 Å². The van der Waals surface area contributed by atoms with Crippen LogP contribution in [0.2, 0.25) is 0 Å². The largest absolute Gasteiger partial charge is 0.295 e. The zero-order chi connectivity index (χ0) is 15.6. The van der Waals surface area contributed by atoms with Crippen molar-refractivity contribution in [3.63, 3.8) is 0 Å². The Bertz CT molecular complexity index is 601. The molecule has 2 rings (SSSR count). The molecule has 0 spiro atoms. The fourth-order valence-corrected chi connectivity index (χ4v) is 2.39. The molecule has 1 saturated heterocycles. The van der Waals surface area contributed by atoms with Gasteiger partial charge >= 0.3 is 0 Å². The molecule has 0 aliphatic carbocycles. The van der Waals surface area contributed by atoms with Crippen molar-refractivity contribution in [3.05, 3.63) is 36.0 Å². The van der Waals surface area contributed by atoms with Crippen LogP contribution in [0.3, 0.4) is 0 Å². The zero-order valence-corrected chi connectivity index (χ0v) is 11.7. The number of hydrogen-bond acceptors (Lipinski definition) is 4. The van der Waals surface area contributed by atoms with E-state index in [1.807, 2.05) is 6.92 Å². The maximum Gasteiger partial charge on any atom is 0.262 e. The van der Waals surface area contributed by atoms with Crippen molar-refractivity contribution in [2.75, 3.05) is 0 Å². The minimum Gasteiger partial charge on any atom is -0.295 e. The summed E-state index contributed by atoms with van der Waals surface area (Å²) in [7, 11) is 0. The summed E-state index contributed by atoms with van der Waals surface area (Å²) in [6.07, 6.45) is 5.63. The van der Waals surface area contributed by atoms with Crippen LogP contribution < -0.4 is 5.32 Å². The number of nitrogens with one attached hydrogen (secondary N) is 1. The number of rotatable bonds is 4. The van der Waals surface area contributed by atoms with Gasteiger partial charge in [-0.2, -0.15) is 0 Å². The summed E-state index contributed by atoms with van der Waals surface area (Å²) >= 11 is 0. The molecule has 1 fully saturated rings. The van der Waals surface area contributed by atoms with Crippen LogP contribution in [0.1, 0.15) is 26.2 Å². The highest BCUT2D eigenvalue weighted by Gasteiger charge is 2.44. The Hall–Kier alpha value is -2.50. The lowest BCUT2D eigenvalue weighted by Gasteiger charge is -2.28. The molecule has 1 atom stereocenters. The molecule has 2 aliphatic heterocycles. The summed E-state index contributed by atoms with van der Waals surface area (Å²) < 4.78 is 0. The Labute approximate surface area is 122 Å². The fraction of sp³-hybridized carbons (Fsp3) is 0.333. The SMILES string of the molecule is C=CC1=C(/C=C\CC)C(=O)N(C2CCC(=O)NC2=O)C1=O. The van der Waals surface area contributed by atoms with Crippen LogP contribution in [0.5, 0.6) is 0 Å². The van der Waals surface area contributed by atoms with Crippen LogP contribution in [0.15, 0.2) is 36.0 Å². The van der Waals surface area contributed by atoms with Gasteiger partial charge in [0, 0.05) is 6.42 Å². The molecule has 0 saturated carbocycles. The van der Waals surface area contributed by atoms with E-state index in [1.54, 1.807) is 12.2 Å². The number of amides is 4. The summed E-state index contributed by atoms with van der Waals surface area (Å²) in [5.41, 5.74) is 0.427. The summed E-state index contributed by atoms with van der Waals surface area (Å²) in [6.45, 7) is 5.46. The highest BCUT2D eigenvalue weighted by molar-refractivity contribution is 6.23. The highest BCUT2D eigenvalue weighted by atomic mass is 16.2. The number of imide groups is 2. The summed E-state index contributed by atoms with van der Waals surface area (Å²) in [5, 5.41) is 2.15. The maximum atomic E-state index is 12.4. The third-order valence-electron chi connectivity index (χ3n) is 3.43. The smallest absolute Gasteiger partial charge is 0.262 e. The Balaban J connectivity index is 2.32. The molecule has 0 radical (unpaired) electrons. The Morgan fingerprint density at radius 1 is 1.24 bits per heavy atom. The monoisotopic (exact) mass is 288 g/mol. The number of nitrogens with zero attached hydrogens (tertiary/aromatic N) is 1. The summed E-state index contributed by atoms with van der Waals surface area (Å²) in [6, 6.07) is -0.940. The van der Waals surface area contributed by atoms with Gasteiger partial charge in [0.15, 0.2) is 0 Å². The van der Waals surface area contributed by atoms with Crippen molar-refractivity contribution in [1.82, 2.24) is 10.2 Å². The van der Waals surface area contributed by atoms with E-state index in [-0.39, 0.29) is 24.0 Å². The minimum atomic E-state index is -0.940. The lowest BCUT2D eigenvalue weighted by molar-refractivity contribution is -0.149. The first-order chi connectivity index (χ1) is 10.0. The lowest BCUT2D eigenvalue weighted by Crippen LogP contribution is -2.54. The maximum absolute atomic E-state index is 12.4. The molecule has 110 valence electrons. The van der Waals surface area contributed by atoms with Crippen LogP contribution in [0.4, 0.5) is 0 Å². The van der Waals surface area contributed by atoms with Gasteiger partial charge in [0.2, 0.25) is 11.8 Å². The average Bonchev–Trinajstić information content (AvgIpc) is 2.68. The summed E-state index contributed by atoms with van der Waals surface area (Å²) in [5.74, 6) is -2.07. The van der Waals surface area contributed by atoms with Gasteiger partial charge in [-0.1, -0.05) is 31.7 Å². The lowest BCUT2D eigenvalue weighted by atomic mass is 10.0. The third-order valence-corrected chi connectivity index (χ3v) is 3.43. The second-order valence-corrected chi connectivity index (χ2v) is 4.79. The highest BCUT2D eigenvalue weighted by Crippen LogP contribution is 2.27. The van der Waals surface area contributed by atoms with Gasteiger partial charge in [-0.05, 0) is 12.8 Å². The van der Waals surface area contributed by atoms with Gasteiger partial charge in [0.05, 0.1) is 11.1 Å². The van der Waals surface area contributed by atoms with Crippen molar-refractivity contribution in [3.8, 4) is 0 Å². The predicted octanol–water partition coefficient (Wildman–Crippen LogP) is 0.609. The number of piperidine rings is 1. The molecule has 0 aromatic heterocycles. The Kier molecular flexibility index (Phi) is 4.16. The van der Waals surface area contributed by atoms with E-state index in [9.17, 15) is 19.2 Å². The molecule has 0 aromatic carbocycles. The first-order valence-electron chi connectivity index (χ1n) is 6.76. The van der Waals surface area contributed by atoms with E-state index in [2.05, 4.69) is 11.9 Å². The normalized spacial score (nSPS) is 23.3. The van der Waals surface area contributed by atoms with Gasteiger partial charge < -0.3 is 0 Å². The van der Waals surface area contributed by atoms with Gasteiger partial charge in [-0.25, -0.2) is 0 Å². The van der Waals surface area contributed by atoms with Crippen LogP contribution in [0.25, 0.3) is 0 Å². The molecule has 1 N–H and O–H groups in total. The van der Waals surface area contributed by atoms with Crippen molar-refractivity contribution in [2.24, 2.45) is 0 Å². The molecule has 6 nitrogen and oxygen atoms in total. The zero-order valence-electron chi connectivity index (χ0n) is 11.7. The molecule has 4 amide bonds. The number of allylic oxidation sites excluding steroid dienone is 1. The Morgan fingerprint density at radius 3 is 2.48 bits per heavy atom. The van der Waals surface area contributed by atoms with Crippen molar-refractivity contribution < 1.29 is 19.2 Å². The summed E-state index contributed by atoms with van der Waals surface area (Å²) in [4.78, 5) is 48.7. The van der Waals surface area contributed by atoms with Gasteiger partial charge in [0.25, 0.3) is 11.8 Å². The number of carbonyl (C=O) groups excluding carboxylic acids is 4. The molecule has 2 aliphatic rings. The van der Waals surface area contributed by atoms with Crippen LogP contribution in [0, 0.1) is 0 Å². The molecule has 6 heteroatoms. The standard InChI is InChI=1S/C15H16N2O4/c1-3-5-6-10-9(4-2)14(20)17(15(10)21)11-7-8-12(18)16-13(11)19/h4-6,11H,2-3,7-8H2,1H3,(H,16,18,19)/b6-5-. The molecule has 1 unspecified atom stereocenters. The molecule has 0 bridgehead atoms. The second-order valence-electron chi connectivity index (χ2n) is 4.79. The van der Waals surface area contributed by atoms with E-state index in [0.29, 0.717) is 6.42 Å². The minimum absolute atomic E-state index is 0.108. The molecule has 2 heterocycles. The third kappa shape index (κ3) is 2.56.